The third kappa shape index (κ3) is 5.63. The van der Waals surface area contributed by atoms with Crippen LogP contribution in [-0.4, -0.2) is 22.4 Å². The summed E-state index contributed by atoms with van der Waals surface area (Å²) in [5, 5.41) is 15.0. The van der Waals surface area contributed by atoms with Gasteiger partial charge in [-0.25, -0.2) is 9.97 Å². The number of unbranched alkanes of at least 4 members (excludes halogenated alkanes) is 2. The molecule has 0 aliphatic rings. The smallest absolute Gasteiger partial charge is 0.274 e. The van der Waals surface area contributed by atoms with Gasteiger partial charge in [0.15, 0.2) is 5.82 Å². The highest BCUT2D eigenvalue weighted by Crippen LogP contribution is 2.19. The van der Waals surface area contributed by atoms with Crippen LogP contribution in [0.2, 0.25) is 0 Å². The van der Waals surface area contributed by atoms with Crippen LogP contribution in [0, 0.1) is 11.3 Å². The molecule has 0 unspecified atom stereocenters. The maximum atomic E-state index is 12.8. The number of amides is 1. The highest BCUT2D eigenvalue weighted by Gasteiger charge is 2.13. The normalized spacial score (nSPS) is 10.2. The van der Waals surface area contributed by atoms with Crippen LogP contribution < -0.4 is 10.6 Å². The summed E-state index contributed by atoms with van der Waals surface area (Å²) >= 11 is 0. The highest BCUT2D eigenvalue weighted by atomic mass is 16.1. The van der Waals surface area contributed by atoms with Crippen LogP contribution in [0.3, 0.4) is 0 Å². The van der Waals surface area contributed by atoms with Crippen LogP contribution >= 0.6 is 0 Å². The lowest BCUT2D eigenvalue weighted by molar-refractivity contribution is 0.102. The van der Waals surface area contributed by atoms with Gasteiger partial charge >= 0.3 is 0 Å². The predicted octanol–water partition coefficient (Wildman–Crippen LogP) is 4.87. The molecule has 6 nitrogen and oxygen atoms in total. The van der Waals surface area contributed by atoms with Gasteiger partial charge in [-0.2, -0.15) is 5.26 Å². The van der Waals surface area contributed by atoms with Gasteiger partial charge < -0.3 is 10.6 Å². The zero-order chi connectivity index (χ0) is 20.5. The average molecular weight is 385 g/mol. The summed E-state index contributed by atoms with van der Waals surface area (Å²) in [6.45, 7) is 2.94. The van der Waals surface area contributed by atoms with Crippen molar-refractivity contribution in [2.45, 2.75) is 26.2 Å². The number of nitrogens with one attached hydrogen (secondary N) is 2. The van der Waals surface area contributed by atoms with E-state index < -0.39 is 0 Å². The summed E-state index contributed by atoms with van der Waals surface area (Å²) in [4.78, 5) is 21.8. The number of hydrogen-bond donors (Lipinski definition) is 2. The number of carbonyl (C=O) groups excluding carboxylic acids is 1. The molecule has 3 aromatic rings. The quantitative estimate of drug-likeness (QED) is 0.540. The number of nitrogens with zero attached hydrogens (tertiary/aromatic N) is 3. The summed E-state index contributed by atoms with van der Waals surface area (Å²) in [7, 11) is 0. The van der Waals surface area contributed by atoms with E-state index in [1.165, 1.54) is 0 Å². The van der Waals surface area contributed by atoms with E-state index in [0.29, 0.717) is 22.9 Å². The molecule has 0 atom stereocenters. The Hall–Kier alpha value is -3.72. The number of benzene rings is 2. The van der Waals surface area contributed by atoms with Crippen molar-refractivity contribution in [2.75, 3.05) is 17.2 Å². The van der Waals surface area contributed by atoms with Gasteiger partial charge in [-0.3, -0.25) is 4.79 Å². The second-order valence-electron chi connectivity index (χ2n) is 6.61. The molecule has 146 valence electrons. The van der Waals surface area contributed by atoms with Gasteiger partial charge in [-0.05, 0) is 30.7 Å². The Morgan fingerprint density at radius 2 is 1.79 bits per heavy atom. The molecule has 0 radical (unpaired) electrons. The molecular weight excluding hydrogens is 362 g/mol. The molecule has 0 aliphatic heterocycles. The van der Waals surface area contributed by atoms with Crippen molar-refractivity contribution in [2.24, 2.45) is 0 Å². The average Bonchev–Trinajstić information content (AvgIpc) is 2.77. The molecule has 1 aromatic heterocycles. The van der Waals surface area contributed by atoms with Crippen molar-refractivity contribution in [3.05, 3.63) is 71.9 Å². The summed E-state index contributed by atoms with van der Waals surface area (Å²) in [5.74, 6) is 0.793. The molecule has 1 amide bonds. The molecule has 0 saturated heterocycles. The zero-order valence-corrected chi connectivity index (χ0v) is 16.4. The monoisotopic (exact) mass is 385 g/mol. The highest BCUT2D eigenvalue weighted by molar-refractivity contribution is 6.03. The maximum absolute atomic E-state index is 12.8. The Morgan fingerprint density at radius 1 is 1.03 bits per heavy atom. The minimum Gasteiger partial charge on any atom is -0.370 e. The third-order valence-corrected chi connectivity index (χ3v) is 4.35. The van der Waals surface area contributed by atoms with E-state index in [1.807, 2.05) is 30.3 Å². The van der Waals surface area contributed by atoms with Crippen molar-refractivity contribution in [3.63, 3.8) is 0 Å². The first kappa shape index (κ1) is 20.0. The zero-order valence-electron chi connectivity index (χ0n) is 16.4. The van der Waals surface area contributed by atoms with Crippen molar-refractivity contribution in [1.82, 2.24) is 9.97 Å². The molecule has 3 rings (SSSR count). The van der Waals surface area contributed by atoms with Crippen molar-refractivity contribution >= 4 is 17.4 Å². The van der Waals surface area contributed by atoms with Crippen LogP contribution in [0.25, 0.3) is 11.4 Å². The van der Waals surface area contributed by atoms with E-state index in [1.54, 1.807) is 30.3 Å². The third-order valence-electron chi connectivity index (χ3n) is 4.35. The molecule has 2 aromatic carbocycles. The molecule has 2 N–H and O–H groups in total. The minimum absolute atomic E-state index is 0.279. The van der Waals surface area contributed by atoms with Crippen molar-refractivity contribution in [1.29, 1.82) is 5.26 Å². The lowest BCUT2D eigenvalue weighted by Crippen LogP contribution is -2.16. The van der Waals surface area contributed by atoms with E-state index in [4.69, 9.17) is 5.26 Å². The standard InChI is InChI=1S/C23H23N5O/c1-2-3-7-14-25-21-15-20(27-22(28-21)18-8-5-4-6-9-18)23(29)26-19-12-10-17(16-24)11-13-19/h4-6,8-13,15H,2-3,7,14H2,1H3,(H,26,29)(H,25,27,28). The fraction of sp³-hybridized carbons (Fsp3) is 0.217. The minimum atomic E-state index is -0.328. The molecule has 0 aliphatic carbocycles. The van der Waals surface area contributed by atoms with Crippen LogP contribution in [0.4, 0.5) is 11.5 Å². The Labute approximate surface area is 170 Å². The summed E-state index contributed by atoms with van der Waals surface area (Å²) < 4.78 is 0. The number of rotatable bonds is 8. The second kappa shape index (κ2) is 10.00. The molecular formula is C23H23N5O. The fourth-order valence-electron chi connectivity index (χ4n) is 2.79. The number of anilines is 2. The summed E-state index contributed by atoms with van der Waals surface area (Å²) in [6, 6.07) is 20.0. The van der Waals surface area contributed by atoms with E-state index in [0.717, 1.165) is 31.4 Å². The van der Waals surface area contributed by atoms with E-state index >= 15 is 0 Å². The van der Waals surface area contributed by atoms with Gasteiger partial charge in [-0.1, -0.05) is 50.1 Å². The van der Waals surface area contributed by atoms with E-state index in [9.17, 15) is 4.79 Å². The van der Waals surface area contributed by atoms with Gasteiger partial charge in [0.25, 0.3) is 5.91 Å². The Balaban J connectivity index is 1.84. The summed E-state index contributed by atoms with van der Waals surface area (Å²) in [6.07, 6.45) is 3.31. The number of nitriles is 1. The van der Waals surface area contributed by atoms with Gasteiger partial charge in [0.1, 0.15) is 11.5 Å². The van der Waals surface area contributed by atoms with Gasteiger partial charge in [-0.15, -0.1) is 0 Å². The first-order chi connectivity index (χ1) is 14.2. The predicted molar refractivity (Wildman–Crippen MR) is 115 cm³/mol. The summed E-state index contributed by atoms with van der Waals surface area (Å²) in [5.41, 5.74) is 2.26. The Kier molecular flexibility index (Phi) is 6.90. The van der Waals surface area contributed by atoms with Crippen LogP contribution in [0.1, 0.15) is 42.2 Å². The van der Waals surface area contributed by atoms with E-state index in [2.05, 4.69) is 33.6 Å². The van der Waals surface area contributed by atoms with Crippen LogP contribution in [-0.2, 0) is 0 Å². The lowest BCUT2D eigenvalue weighted by atomic mass is 10.2. The molecule has 0 spiro atoms. The number of carbonyl (C=O) groups is 1. The number of aromatic nitrogens is 2. The second-order valence-corrected chi connectivity index (χ2v) is 6.61. The molecule has 6 heteroatoms. The first-order valence-corrected chi connectivity index (χ1v) is 9.69. The molecule has 29 heavy (non-hydrogen) atoms. The van der Waals surface area contributed by atoms with Crippen molar-refractivity contribution in [3.8, 4) is 17.5 Å². The fourth-order valence-corrected chi connectivity index (χ4v) is 2.79. The Morgan fingerprint density at radius 3 is 2.48 bits per heavy atom. The number of hydrogen-bond acceptors (Lipinski definition) is 5. The van der Waals surface area contributed by atoms with E-state index in [-0.39, 0.29) is 11.6 Å². The lowest BCUT2D eigenvalue weighted by Gasteiger charge is -2.11. The SMILES string of the molecule is CCCCCNc1cc(C(=O)Nc2ccc(C#N)cc2)nc(-c2ccccc2)n1. The molecule has 1 heterocycles. The largest absolute Gasteiger partial charge is 0.370 e. The molecule has 0 fully saturated rings. The molecule has 0 saturated carbocycles. The topological polar surface area (TPSA) is 90.7 Å². The maximum Gasteiger partial charge on any atom is 0.274 e. The van der Waals surface area contributed by atoms with Gasteiger partial charge in [0.05, 0.1) is 11.6 Å². The van der Waals surface area contributed by atoms with Crippen LogP contribution in [0.15, 0.2) is 60.7 Å². The van der Waals surface area contributed by atoms with Crippen LogP contribution in [0.5, 0.6) is 0 Å². The first-order valence-electron chi connectivity index (χ1n) is 9.69. The Bertz CT molecular complexity index is 994. The van der Waals surface area contributed by atoms with Crippen molar-refractivity contribution < 1.29 is 4.79 Å². The van der Waals surface area contributed by atoms with Gasteiger partial charge in [0, 0.05) is 23.9 Å². The molecule has 0 bridgehead atoms. The van der Waals surface area contributed by atoms with Gasteiger partial charge in [0.2, 0.25) is 0 Å².